The van der Waals surface area contributed by atoms with Crippen molar-refractivity contribution < 1.29 is 14.3 Å². The number of amides is 2. The zero-order chi connectivity index (χ0) is 22.4. The SMILES string of the molecule is CCn1c(CNC(=O)c2ccccc2C)nn(CC(=O)Nc2ccc(OC)cc2)c1=S. The maximum atomic E-state index is 12.5. The van der Waals surface area contributed by atoms with E-state index in [1.165, 1.54) is 4.68 Å². The molecule has 2 amide bonds. The molecule has 0 fully saturated rings. The highest BCUT2D eigenvalue weighted by molar-refractivity contribution is 7.71. The number of carbonyl (C=O) groups is 2. The third-order valence-corrected chi connectivity index (χ3v) is 5.21. The Morgan fingerprint density at radius 2 is 1.84 bits per heavy atom. The van der Waals surface area contributed by atoms with Crippen molar-refractivity contribution in [3.05, 3.63) is 70.3 Å². The topological polar surface area (TPSA) is 90.2 Å². The minimum atomic E-state index is -0.252. The first-order chi connectivity index (χ1) is 14.9. The Morgan fingerprint density at radius 3 is 2.48 bits per heavy atom. The summed E-state index contributed by atoms with van der Waals surface area (Å²) >= 11 is 5.48. The van der Waals surface area contributed by atoms with Gasteiger partial charge in [0.25, 0.3) is 5.91 Å². The van der Waals surface area contributed by atoms with Crippen LogP contribution in [-0.2, 0) is 24.4 Å². The monoisotopic (exact) mass is 439 g/mol. The Hall–Kier alpha value is -3.46. The van der Waals surface area contributed by atoms with Gasteiger partial charge in [0.05, 0.1) is 13.7 Å². The molecule has 0 saturated carbocycles. The molecule has 0 aliphatic rings. The first-order valence-electron chi connectivity index (χ1n) is 9.87. The fourth-order valence-corrected chi connectivity index (χ4v) is 3.47. The van der Waals surface area contributed by atoms with Gasteiger partial charge in [-0.25, -0.2) is 4.68 Å². The van der Waals surface area contributed by atoms with Gasteiger partial charge in [-0.05, 0) is 62.0 Å². The molecule has 0 saturated heterocycles. The summed E-state index contributed by atoms with van der Waals surface area (Å²) in [5.74, 6) is 0.863. The molecule has 0 bridgehead atoms. The number of aryl methyl sites for hydroxylation is 1. The maximum absolute atomic E-state index is 12.5. The minimum absolute atomic E-state index is 0.0311. The second-order valence-electron chi connectivity index (χ2n) is 6.87. The fraction of sp³-hybridized carbons (Fsp3) is 0.273. The van der Waals surface area contributed by atoms with Gasteiger partial charge in [-0.2, -0.15) is 5.10 Å². The predicted octanol–water partition coefficient (Wildman–Crippen LogP) is 3.32. The van der Waals surface area contributed by atoms with Gasteiger partial charge in [-0.15, -0.1) is 0 Å². The van der Waals surface area contributed by atoms with E-state index < -0.39 is 0 Å². The summed E-state index contributed by atoms with van der Waals surface area (Å²) in [7, 11) is 1.58. The minimum Gasteiger partial charge on any atom is -0.497 e. The smallest absolute Gasteiger partial charge is 0.251 e. The number of rotatable bonds is 8. The molecule has 31 heavy (non-hydrogen) atoms. The molecule has 0 spiro atoms. The molecular formula is C22H25N5O3S. The lowest BCUT2D eigenvalue weighted by atomic mass is 10.1. The number of carbonyl (C=O) groups excluding carboxylic acids is 2. The first kappa shape index (κ1) is 22.2. The predicted molar refractivity (Wildman–Crippen MR) is 121 cm³/mol. The highest BCUT2D eigenvalue weighted by Crippen LogP contribution is 2.15. The van der Waals surface area contributed by atoms with Crippen LogP contribution in [0.2, 0.25) is 0 Å². The van der Waals surface area contributed by atoms with Crippen LogP contribution in [0.25, 0.3) is 0 Å². The van der Waals surface area contributed by atoms with E-state index in [0.29, 0.717) is 34.1 Å². The molecule has 162 valence electrons. The number of nitrogens with zero attached hydrogens (tertiary/aromatic N) is 3. The number of anilines is 1. The van der Waals surface area contributed by atoms with Crippen LogP contribution >= 0.6 is 12.2 Å². The standard InChI is InChI=1S/C22H25N5O3S/c1-4-26-19(13-23-21(29)18-8-6-5-7-15(18)2)25-27(22(26)31)14-20(28)24-16-9-11-17(30-3)12-10-16/h5-12H,4,13-14H2,1-3H3,(H,23,29)(H,24,28). The van der Waals surface area contributed by atoms with Crippen LogP contribution in [0, 0.1) is 11.7 Å². The number of hydrogen-bond donors (Lipinski definition) is 2. The van der Waals surface area contributed by atoms with E-state index in [1.54, 1.807) is 42.0 Å². The number of ether oxygens (including phenoxy) is 1. The number of benzene rings is 2. The van der Waals surface area contributed by atoms with Gasteiger partial charge in [0.2, 0.25) is 5.91 Å². The van der Waals surface area contributed by atoms with E-state index in [1.807, 2.05) is 32.0 Å². The van der Waals surface area contributed by atoms with Crippen molar-refractivity contribution in [2.24, 2.45) is 0 Å². The summed E-state index contributed by atoms with van der Waals surface area (Å²) < 4.78 is 8.80. The van der Waals surface area contributed by atoms with Crippen molar-refractivity contribution in [2.75, 3.05) is 12.4 Å². The first-order valence-corrected chi connectivity index (χ1v) is 10.3. The van der Waals surface area contributed by atoms with E-state index >= 15 is 0 Å². The number of aromatic nitrogens is 3. The average molecular weight is 440 g/mol. The highest BCUT2D eigenvalue weighted by atomic mass is 32.1. The molecule has 9 heteroatoms. The van der Waals surface area contributed by atoms with Crippen LogP contribution in [-0.4, -0.2) is 33.3 Å². The van der Waals surface area contributed by atoms with Crippen LogP contribution in [0.3, 0.4) is 0 Å². The van der Waals surface area contributed by atoms with E-state index in [2.05, 4.69) is 15.7 Å². The lowest BCUT2D eigenvalue weighted by Crippen LogP contribution is -2.25. The zero-order valence-corrected chi connectivity index (χ0v) is 18.5. The van der Waals surface area contributed by atoms with Crippen molar-refractivity contribution in [3.8, 4) is 5.75 Å². The molecular weight excluding hydrogens is 414 g/mol. The van der Waals surface area contributed by atoms with Crippen LogP contribution in [0.15, 0.2) is 48.5 Å². The zero-order valence-electron chi connectivity index (χ0n) is 17.7. The number of nitrogens with one attached hydrogen (secondary N) is 2. The molecule has 3 aromatic rings. The highest BCUT2D eigenvalue weighted by Gasteiger charge is 2.15. The molecule has 1 aromatic heterocycles. The molecule has 0 atom stereocenters. The van der Waals surface area contributed by atoms with E-state index in [4.69, 9.17) is 17.0 Å². The van der Waals surface area contributed by atoms with E-state index in [0.717, 1.165) is 5.56 Å². The molecule has 0 unspecified atom stereocenters. The third kappa shape index (κ3) is 5.37. The second-order valence-corrected chi connectivity index (χ2v) is 7.24. The summed E-state index contributed by atoms with van der Waals surface area (Å²) in [5, 5.41) is 10.2. The second kappa shape index (κ2) is 10.0. The van der Waals surface area contributed by atoms with Gasteiger partial charge in [-0.1, -0.05) is 18.2 Å². The quantitative estimate of drug-likeness (QED) is 0.526. The molecule has 0 aliphatic heterocycles. The largest absolute Gasteiger partial charge is 0.497 e. The Labute approximate surface area is 185 Å². The van der Waals surface area contributed by atoms with Gasteiger partial charge in [-0.3, -0.25) is 9.59 Å². The van der Waals surface area contributed by atoms with Crippen LogP contribution < -0.4 is 15.4 Å². The Kier molecular flexibility index (Phi) is 7.19. The van der Waals surface area contributed by atoms with E-state index in [-0.39, 0.29) is 24.9 Å². The van der Waals surface area contributed by atoms with Crippen molar-refractivity contribution in [3.63, 3.8) is 0 Å². The normalized spacial score (nSPS) is 10.5. The van der Waals surface area contributed by atoms with Gasteiger partial charge in [0.15, 0.2) is 10.6 Å². The molecule has 2 N–H and O–H groups in total. The van der Waals surface area contributed by atoms with Crippen molar-refractivity contribution in [1.29, 1.82) is 0 Å². The van der Waals surface area contributed by atoms with Gasteiger partial charge < -0.3 is 19.9 Å². The lowest BCUT2D eigenvalue weighted by Gasteiger charge is -2.07. The summed E-state index contributed by atoms with van der Waals surface area (Å²) in [6.45, 7) is 4.58. The average Bonchev–Trinajstić information content (AvgIpc) is 3.07. The van der Waals surface area contributed by atoms with E-state index in [9.17, 15) is 9.59 Å². The lowest BCUT2D eigenvalue weighted by molar-refractivity contribution is -0.116. The number of hydrogen-bond acceptors (Lipinski definition) is 5. The molecule has 3 rings (SSSR count). The van der Waals surface area contributed by atoms with Gasteiger partial charge in [0, 0.05) is 17.8 Å². The summed E-state index contributed by atoms with van der Waals surface area (Å²) in [4.78, 5) is 25.0. The Bertz CT molecular complexity index is 1130. The van der Waals surface area contributed by atoms with Crippen molar-refractivity contribution >= 4 is 29.7 Å². The summed E-state index contributed by atoms with van der Waals surface area (Å²) in [6.07, 6.45) is 0. The van der Waals surface area contributed by atoms with Crippen LogP contribution in [0.4, 0.5) is 5.69 Å². The van der Waals surface area contributed by atoms with Crippen LogP contribution in [0.5, 0.6) is 5.75 Å². The Morgan fingerprint density at radius 1 is 1.13 bits per heavy atom. The van der Waals surface area contributed by atoms with Crippen LogP contribution in [0.1, 0.15) is 28.7 Å². The fourth-order valence-electron chi connectivity index (χ4n) is 3.13. The van der Waals surface area contributed by atoms with Crippen molar-refractivity contribution in [1.82, 2.24) is 19.7 Å². The van der Waals surface area contributed by atoms with Crippen molar-refractivity contribution in [2.45, 2.75) is 33.5 Å². The maximum Gasteiger partial charge on any atom is 0.251 e. The third-order valence-electron chi connectivity index (χ3n) is 4.78. The van der Waals surface area contributed by atoms with Gasteiger partial charge in [0.1, 0.15) is 12.3 Å². The molecule has 0 aliphatic carbocycles. The number of methoxy groups -OCH3 is 1. The molecule has 0 radical (unpaired) electrons. The van der Waals surface area contributed by atoms with Gasteiger partial charge >= 0.3 is 0 Å². The summed E-state index contributed by atoms with van der Waals surface area (Å²) in [6, 6.07) is 14.4. The summed E-state index contributed by atoms with van der Waals surface area (Å²) in [5.41, 5.74) is 2.16. The Balaban J connectivity index is 1.68. The molecule has 2 aromatic carbocycles. The molecule has 1 heterocycles. The molecule has 8 nitrogen and oxygen atoms in total.